The van der Waals surface area contributed by atoms with Crippen LogP contribution in [0.3, 0.4) is 0 Å². The molecule has 1 atom stereocenters. The molecule has 0 saturated carbocycles. The van der Waals surface area contributed by atoms with Crippen LogP contribution in [-0.4, -0.2) is 42.0 Å². The third-order valence-corrected chi connectivity index (χ3v) is 7.07. The van der Waals surface area contributed by atoms with E-state index in [4.69, 9.17) is 6.42 Å². The number of benzene rings is 1. The highest BCUT2D eigenvalue weighted by molar-refractivity contribution is 7.88. The zero-order valence-corrected chi connectivity index (χ0v) is 17.3. The van der Waals surface area contributed by atoms with Crippen molar-refractivity contribution in [1.29, 1.82) is 0 Å². The number of aromatic nitrogens is 1. The molecule has 1 aromatic heterocycles. The number of carbonyl (C=O) groups excluding carboxylic acids is 1. The summed E-state index contributed by atoms with van der Waals surface area (Å²) < 4.78 is 27.9. The lowest BCUT2D eigenvalue weighted by Crippen LogP contribution is -2.39. The summed E-state index contributed by atoms with van der Waals surface area (Å²) in [6, 6.07) is 5.43. The number of carbonyl (C=O) groups is 1. The molecule has 6 nitrogen and oxygen atoms in total. The molecule has 8 heteroatoms. The number of hydrogen-bond donors (Lipinski definition) is 0. The van der Waals surface area contributed by atoms with Gasteiger partial charge in [0.25, 0.3) is 5.91 Å². The second kappa shape index (κ2) is 7.58. The van der Waals surface area contributed by atoms with E-state index in [9.17, 15) is 13.2 Å². The maximum atomic E-state index is 12.7. The van der Waals surface area contributed by atoms with Crippen molar-refractivity contribution in [2.45, 2.75) is 45.2 Å². The number of hydrogen-bond acceptors (Lipinski definition) is 4. The Morgan fingerprint density at radius 2 is 2.19 bits per heavy atom. The van der Waals surface area contributed by atoms with Crippen molar-refractivity contribution in [2.75, 3.05) is 12.8 Å². The Kier molecular flexibility index (Phi) is 5.56. The van der Waals surface area contributed by atoms with Crippen LogP contribution in [0.5, 0.6) is 0 Å². The number of amides is 1. The molecule has 0 N–H and O–H groups in total. The summed E-state index contributed by atoms with van der Waals surface area (Å²) in [5.41, 5.74) is 2.13. The van der Waals surface area contributed by atoms with Crippen LogP contribution in [0.2, 0.25) is 0 Å². The largest absolute Gasteiger partial charge is 0.305 e. The first-order chi connectivity index (χ1) is 12.7. The van der Waals surface area contributed by atoms with Crippen LogP contribution in [-0.2, 0) is 21.4 Å². The number of sulfonamides is 1. The number of nitrogens with zero attached hydrogens (tertiary/aromatic N) is 3. The van der Waals surface area contributed by atoms with Gasteiger partial charge in [-0.1, -0.05) is 37.2 Å². The summed E-state index contributed by atoms with van der Waals surface area (Å²) in [4.78, 5) is 17.5. The summed E-state index contributed by atoms with van der Waals surface area (Å²) in [6.07, 6.45) is 7.79. The summed E-state index contributed by atoms with van der Waals surface area (Å²) in [5, 5.41) is 0. The maximum absolute atomic E-state index is 12.7. The first-order valence-corrected chi connectivity index (χ1v) is 11.5. The minimum Gasteiger partial charge on any atom is -0.305 e. The van der Waals surface area contributed by atoms with Gasteiger partial charge in [-0.15, -0.1) is 6.42 Å². The van der Waals surface area contributed by atoms with E-state index in [1.165, 1.54) is 21.2 Å². The van der Waals surface area contributed by atoms with Crippen LogP contribution in [0.1, 0.15) is 38.2 Å². The fourth-order valence-electron chi connectivity index (χ4n) is 3.33. The predicted octanol–water partition coefficient (Wildman–Crippen LogP) is 2.31. The van der Waals surface area contributed by atoms with Crippen LogP contribution >= 0.6 is 11.3 Å². The number of terminal acetylenes is 1. The van der Waals surface area contributed by atoms with Gasteiger partial charge in [0.05, 0.1) is 23.0 Å². The fraction of sp³-hybridized carbons (Fsp3) is 0.474. The van der Waals surface area contributed by atoms with Crippen LogP contribution in [0.15, 0.2) is 23.2 Å². The summed E-state index contributed by atoms with van der Waals surface area (Å²) >= 11 is 1.40. The molecule has 1 aromatic carbocycles. The van der Waals surface area contributed by atoms with Crippen LogP contribution < -0.4 is 4.80 Å². The van der Waals surface area contributed by atoms with Crippen molar-refractivity contribution in [3.63, 3.8) is 0 Å². The molecule has 0 spiro atoms. The van der Waals surface area contributed by atoms with Crippen LogP contribution in [0.4, 0.5) is 0 Å². The minimum atomic E-state index is -3.43. The number of rotatable bonds is 4. The Bertz CT molecular complexity index is 1090. The molecule has 2 heterocycles. The molecule has 27 heavy (non-hydrogen) atoms. The monoisotopic (exact) mass is 405 g/mol. The zero-order chi connectivity index (χ0) is 19.8. The molecule has 1 saturated heterocycles. The van der Waals surface area contributed by atoms with E-state index < -0.39 is 22.0 Å². The van der Waals surface area contributed by atoms with Crippen molar-refractivity contribution in [1.82, 2.24) is 8.87 Å². The Balaban J connectivity index is 2.08. The number of fused-ring (bicyclic) bond motifs is 1. The van der Waals surface area contributed by atoms with E-state index in [0.717, 1.165) is 16.5 Å². The highest BCUT2D eigenvalue weighted by Crippen LogP contribution is 2.24. The van der Waals surface area contributed by atoms with Crippen LogP contribution in [0.25, 0.3) is 10.2 Å². The third kappa shape index (κ3) is 4.00. The van der Waals surface area contributed by atoms with Gasteiger partial charge in [-0.25, -0.2) is 8.42 Å². The van der Waals surface area contributed by atoms with E-state index in [2.05, 4.69) is 36.9 Å². The standard InChI is InChI=1S/C19H23N3O3S2/c1-5-10-21-15-9-8-14(13(2)3)12-17(15)26-19(21)20-18(23)16-7-6-11-22(16)27(4,24)25/h1,8-9,12-13,16H,6-7,10-11H2,2-4H3. The molecule has 1 unspecified atom stereocenters. The summed E-state index contributed by atoms with van der Waals surface area (Å²) in [5.74, 6) is 2.57. The van der Waals surface area contributed by atoms with Crippen molar-refractivity contribution < 1.29 is 13.2 Å². The van der Waals surface area contributed by atoms with Gasteiger partial charge < -0.3 is 4.57 Å². The fourth-order valence-corrected chi connectivity index (χ4v) is 5.53. The molecular weight excluding hydrogens is 382 g/mol. The highest BCUT2D eigenvalue weighted by Gasteiger charge is 2.36. The molecule has 0 bridgehead atoms. The van der Waals surface area contributed by atoms with E-state index in [1.54, 1.807) is 0 Å². The molecule has 0 aliphatic carbocycles. The smallest absolute Gasteiger partial charge is 0.266 e. The highest BCUT2D eigenvalue weighted by atomic mass is 32.2. The molecule has 1 amide bonds. The van der Waals surface area contributed by atoms with E-state index in [0.29, 0.717) is 36.7 Å². The molecule has 144 valence electrons. The molecular formula is C19H23N3O3S2. The lowest BCUT2D eigenvalue weighted by molar-refractivity contribution is -0.121. The van der Waals surface area contributed by atoms with E-state index in [-0.39, 0.29) is 0 Å². The van der Waals surface area contributed by atoms with E-state index in [1.807, 2.05) is 10.6 Å². The topological polar surface area (TPSA) is 71.7 Å². The predicted molar refractivity (Wildman–Crippen MR) is 108 cm³/mol. The second-order valence-electron chi connectivity index (χ2n) is 7.04. The Morgan fingerprint density at radius 3 is 2.81 bits per heavy atom. The SMILES string of the molecule is C#CCn1c(=NC(=O)C2CCCN2S(C)(=O)=O)sc2cc(C(C)C)ccc21. The van der Waals surface area contributed by atoms with Gasteiger partial charge in [-0.05, 0) is 36.5 Å². The van der Waals surface area contributed by atoms with E-state index >= 15 is 0 Å². The summed E-state index contributed by atoms with van der Waals surface area (Å²) in [7, 11) is -3.43. The lowest BCUT2D eigenvalue weighted by Gasteiger charge is -2.18. The van der Waals surface area contributed by atoms with Gasteiger partial charge in [0.15, 0.2) is 4.80 Å². The normalized spacial score (nSPS) is 19.1. The number of thiazole rings is 1. The zero-order valence-electron chi connectivity index (χ0n) is 15.7. The van der Waals surface area contributed by atoms with Crippen molar-refractivity contribution in [2.24, 2.45) is 4.99 Å². The maximum Gasteiger partial charge on any atom is 0.266 e. The Morgan fingerprint density at radius 1 is 1.44 bits per heavy atom. The third-order valence-electron chi connectivity index (χ3n) is 4.74. The molecule has 0 radical (unpaired) electrons. The average molecular weight is 406 g/mol. The quantitative estimate of drug-likeness (QED) is 0.733. The molecule has 1 aliphatic rings. The van der Waals surface area contributed by atoms with Gasteiger partial charge in [-0.3, -0.25) is 4.79 Å². The first-order valence-electron chi connectivity index (χ1n) is 8.84. The van der Waals surface area contributed by atoms with Gasteiger partial charge in [0, 0.05) is 6.54 Å². The first kappa shape index (κ1) is 19.8. The Labute approximate surface area is 163 Å². The second-order valence-corrected chi connectivity index (χ2v) is 9.98. The van der Waals surface area contributed by atoms with Crippen molar-refractivity contribution >= 4 is 37.5 Å². The minimum absolute atomic E-state index is 0.299. The van der Waals surface area contributed by atoms with Gasteiger partial charge >= 0.3 is 0 Å². The van der Waals surface area contributed by atoms with Gasteiger partial charge in [0.2, 0.25) is 10.0 Å². The van der Waals surface area contributed by atoms with Crippen molar-refractivity contribution in [3.05, 3.63) is 28.6 Å². The molecule has 3 rings (SSSR count). The van der Waals surface area contributed by atoms with Crippen molar-refractivity contribution in [3.8, 4) is 12.3 Å². The molecule has 2 aromatic rings. The Hall–Kier alpha value is -1.95. The molecule has 1 fully saturated rings. The summed E-state index contributed by atoms with van der Waals surface area (Å²) in [6.45, 7) is 4.91. The van der Waals surface area contributed by atoms with Crippen LogP contribution in [0, 0.1) is 12.3 Å². The average Bonchev–Trinajstić information content (AvgIpc) is 3.20. The van der Waals surface area contributed by atoms with Gasteiger partial charge in [0.1, 0.15) is 6.04 Å². The lowest BCUT2D eigenvalue weighted by atomic mass is 10.0. The van der Waals surface area contributed by atoms with Gasteiger partial charge in [-0.2, -0.15) is 9.30 Å². The molecule has 1 aliphatic heterocycles.